The van der Waals surface area contributed by atoms with Gasteiger partial charge in [-0.1, -0.05) is 48.5 Å². The lowest BCUT2D eigenvalue weighted by Gasteiger charge is -2.25. The molecule has 0 bridgehead atoms. The van der Waals surface area contributed by atoms with E-state index >= 15 is 0 Å². The number of esters is 1. The van der Waals surface area contributed by atoms with Gasteiger partial charge in [0.05, 0.1) is 18.7 Å². The van der Waals surface area contributed by atoms with Crippen molar-refractivity contribution in [3.8, 4) is 0 Å². The maximum Gasteiger partial charge on any atom is 0.507 e. The van der Waals surface area contributed by atoms with Crippen LogP contribution in [0.5, 0.6) is 0 Å². The second-order valence-electron chi connectivity index (χ2n) is 8.56. The monoisotopic (exact) mass is 479 g/mol. The average Bonchev–Trinajstić information content (AvgIpc) is 3.19. The summed E-state index contributed by atoms with van der Waals surface area (Å²) in [4.78, 5) is 37.1. The van der Waals surface area contributed by atoms with Crippen LogP contribution in [-0.2, 0) is 33.7 Å². The SMILES string of the molecule is COC(=O)C(CCc1ccccc1)N[C@@H](C)C(=O)n1c2c(c3ccccc31)CC(OC(=O)O)NC2. The first-order valence-corrected chi connectivity index (χ1v) is 11.5. The molecular formula is C26H29N3O6. The van der Waals surface area contributed by atoms with Crippen molar-refractivity contribution in [1.29, 1.82) is 0 Å². The highest BCUT2D eigenvalue weighted by Gasteiger charge is 2.32. The van der Waals surface area contributed by atoms with E-state index in [0.717, 1.165) is 27.7 Å². The summed E-state index contributed by atoms with van der Waals surface area (Å²) in [5, 5.41) is 16.1. The van der Waals surface area contributed by atoms with Crippen molar-refractivity contribution in [3.63, 3.8) is 0 Å². The van der Waals surface area contributed by atoms with Crippen LogP contribution in [0.4, 0.5) is 4.79 Å². The molecule has 1 aliphatic heterocycles. The van der Waals surface area contributed by atoms with Gasteiger partial charge in [0.2, 0.25) is 5.91 Å². The van der Waals surface area contributed by atoms with Crippen LogP contribution in [0, 0.1) is 0 Å². The molecule has 2 aromatic carbocycles. The van der Waals surface area contributed by atoms with E-state index in [9.17, 15) is 14.4 Å². The van der Waals surface area contributed by atoms with Gasteiger partial charge in [0.1, 0.15) is 6.04 Å². The minimum Gasteiger partial charge on any atom is -0.468 e. The van der Waals surface area contributed by atoms with Crippen LogP contribution < -0.4 is 10.6 Å². The van der Waals surface area contributed by atoms with Gasteiger partial charge in [-0.3, -0.25) is 24.8 Å². The Labute approximate surface area is 203 Å². The fraction of sp³-hybridized carbons (Fsp3) is 0.346. The second-order valence-corrected chi connectivity index (χ2v) is 8.56. The number of nitrogens with zero attached hydrogens (tertiary/aromatic N) is 1. The molecule has 2 heterocycles. The molecule has 0 fully saturated rings. The molecule has 0 spiro atoms. The molecule has 4 rings (SSSR count). The molecule has 9 nitrogen and oxygen atoms in total. The third-order valence-corrected chi connectivity index (χ3v) is 6.31. The zero-order chi connectivity index (χ0) is 24.9. The molecular weight excluding hydrogens is 450 g/mol. The Morgan fingerprint density at radius 1 is 1.14 bits per heavy atom. The van der Waals surface area contributed by atoms with Crippen molar-refractivity contribution < 1.29 is 29.0 Å². The number of rotatable bonds is 8. The quantitative estimate of drug-likeness (QED) is 0.422. The number of aryl methyl sites for hydroxylation is 1. The summed E-state index contributed by atoms with van der Waals surface area (Å²) in [6, 6.07) is 16.0. The summed E-state index contributed by atoms with van der Waals surface area (Å²) in [5.74, 6) is -0.634. The number of methoxy groups -OCH3 is 1. The highest BCUT2D eigenvalue weighted by Crippen LogP contribution is 2.30. The minimum absolute atomic E-state index is 0.213. The normalized spacial score (nSPS) is 16.8. The molecule has 0 amide bonds. The highest BCUT2D eigenvalue weighted by atomic mass is 16.7. The van der Waals surface area contributed by atoms with Gasteiger partial charge in [-0.05, 0) is 37.0 Å². The Hall–Kier alpha value is -3.69. The lowest BCUT2D eigenvalue weighted by molar-refractivity contribution is -0.143. The van der Waals surface area contributed by atoms with E-state index in [2.05, 4.69) is 10.6 Å². The fourth-order valence-electron chi connectivity index (χ4n) is 4.63. The topological polar surface area (TPSA) is 119 Å². The summed E-state index contributed by atoms with van der Waals surface area (Å²) in [7, 11) is 1.34. The Bertz CT molecular complexity index is 1220. The predicted molar refractivity (Wildman–Crippen MR) is 129 cm³/mol. The number of nitrogens with one attached hydrogen (secondary N) is 2. The molecule has 3 aromatic rings. The van der Waals surface area contributed by atoms with Gasteiger partial charge in [0.15, 0.2) is 6.23 Å². The lowest BCUT2D eigenvalue weighted by Crippen LogP contribution is -2.48. The van der Waals surface area contributed by atoms with Gasteiger partial charge in [-0.25, -0.2) is 4.79 Å². The van der Waals surface area contributed by atoms with Crippen LogP contribution in [0.2, 0.25) is 0 Å². The second kappa shape index (κ2) is 10.7. The van der Waals surface area contributed by atoms with Crippen LogP contribution in [0.3, 0.4) is 0 Å². The Balaban J connectivity index is 1.57. The number of hydrogen-bond acceptors (Lipinski definition) is 7. The van der Waals surface area contributed by atoms with E-state index in [0.29, 0.717) is 19.3 Å². The molecule has 184 valence electrons. The molecule has 0 aliphatic carbocycles. The van der Waals surface area contributed by atoms with Gasteiger partial charge in [0.25, 0.3) is 0 Å². The van der Waals surface area contributed by atoms with Crippen LogP contribution in [0.15, 0.2) is 54.6 Å². The Kier molecular flexibility index (Phi) is 7.48. The Morgan fingerprint density at radius 3 is 2.57 bits per heavy atom. The van der Waals surface area contributed by atoms with E-state index in [-0.39, 0.29) is 12.5 Å². The van der Waals surface area contributed by atoms with E-state index in [1.165, 1.54) is 7.11 Å². The van der Waals surface area contributed by atoms with E-state index in [4.69, 9.17) is 14.6 Å². The third-order valence-electron chi connectivity index (χ3n) is 6.31. The summed E-state index contributed by atoms with van der Waals surface area (Å²) in [5.41, 5.74) is 3.46. The average molecular weight is 480 g/mol. The first-order valence-electron chi connectivity index (χ1n) is 11.5. The van der Waals surface area contributed by atoms with Crippen molar-refractivity contribution in [3.05, 3.63) is 71.4 Å². The van der Waals surface area contributed by atoms with Gasteiger partial charge in [0, 0.05) is 24.0 Å². The first-order chi connectivity index (χ1) is 16.9. The number of aromatic nitrogens is 1. The molecule has 0 saturated carbocycles. The van der Waals surface area contributed by atoms with Gasteiger partial charge in [-0.2, -0.15) is 0 Å². The van der Waals surface area contributed by atoms with Gasteiger partial charge >= 0.3 is 12.1 Å². The summed E-state index contributed by atoms with van der Waals surface area (Å²) in [6.07, 6.45) is -0.592. The number of benzene rings is 2. The molecule has 1 aliphatic rings. The molecule has 0 saturated heterocycles. The number of carboxylic acid groups (broad SMARTS) is 1. The van der Waals surface area contributed by atoms with Gasteiger partial charge in [-0.15, -0.1) is 0 Å². The fourth-order valence-corrected chi connectivity index (χ4v) is 4.63. The maximum atomic E-state index is 13.7. The maximum absolute atomic E-state index is 13.7. The summed E-state index contributed by atoms with van der Waals surface area (Å²) in [6.45, 7) is 2.00. The molecule has 9 heteroatoms. The molecule has 3 N–H and O–H groups in total. The van der Waals surface area contributed by atoms with Gasteiger partial charge < -0.3 is 14.6 Å². The number of para-hydroxylation sites is 1. The molecule has 35 heavy (non-hydrogen) atoms. The summed E-state index contributed by atoms with van der Waals surface area (Å²) < 4.78 is 11.6. The van der Waals surface area contributed by atoms with Crippen molar-refractivity contribution >= 4 is 28.9 Å². The first kappa shape index (κ1) is 24.4. The van der Waals surface area contributed by atoms with E-state index < -0.39 is 30.4 Å². The Morgan fingerprint density at radius 2 is 1.86 bits per heavy atom. The highest BCUT2D eigenvalue weighted by molar-refractivity contribution is 5.98. The number of fused-ring (bicyclic) bond motifs is 3. The van der Waals surface area contributed by atoms with Crippen molar-refractivity contribution in [2.24, 2.45) is 0 Å². The third kappa shape index (κ3) is 5.36. The molecule has 2 unspecified atom stereocenters. The summed E-state index contributed by atoms with van der Waals surface area (Å²) >= 11 is 0. The molecule has 1 aromatic heterocycles. The zero-order valence-electron chi connectivity index (χ0n) is 19.7. The molecule has 3 atom stereocenters. The van der Waals surface area contributed by atoms with Crippen molar-refractivity contribution in [2.75, 3.05) is 7.11 Å². The number of carbonyl (C=O) groups excluding carboxylic acids is 2. The van der Waals surface area contributed by atoms with Crippen LogP contribution in [0.25, 0.3) is 10.9 Å². The van der Waals surface area contributed by atoms with Crippen LogP contribution in [0.1, 0.15) is 35.0 Å². The molecule has 0 radical (unpaired) electrons. The number of ether oxygens (including phenoxy) is 2. The van der Waals surface area contributed by atoms with E-state index in [1.54, 1.807) is 11.5 Å². The van der Waals surface area contributed by atoms with Crippen LogP contribution in [-0.4, -0.2) is 53.1 Å². The standard InChI is InChI=1S/C26H29N3O6/c1-16(28-20(25(31)34-2)13-12-17-8-4-3-5-9-17)24(30)29-21-11-7-6-10-18(21)19-14-23(35-26(32)33)27-15-22(19)29/h3-11,16,20,23,27-28H,12-15H2,1-2H3,(H,32,33)/t16-,20?,23?/m0/s1. The number of hydrogen-bond donors (Lipinski definition) is 3. The lowest BCUT2D eigenvalue weighted by atomic mass is 10.0. The van der Waals surface area contributed by atoms with Crippen LogP contribution >= 0.6 is 0 Å². The zero-order valence-corrected chi connectivity index (χ0v) is 19.7. The smallest absolute Gasteiger partial charge is 0.468 e. The minimum atomic E-state index is -1.35. The predicted octanol–water partition coefficient (Wildman–Crippen LogP) is 3.10. The number of carbonyl (C=O) groups is 3. The van der Waals surface area contributed by atoms with E-state index in [1.807, 2.05) is 54.6 Å². The van der Waals surface area contributed by atoms with Crippen molar-refractivity contribution in [1.82, 2.24) is 15.2 Å². The largest absolute Gasteiger partial charge is 0.507 e. The van der Waals surface area contributed by atoms with Crippen molar-refractivity contribution in [2.45, 2.75) is 51.0 Å².